The number of pyridine rings is 1. The second kappa shape index (κ2) is 7.04. The van der Waals surface area contributed by atoms with Crippen LogP contribution in [0.1, 0.15) is 37.1 Å². The summed E-state index contributed by atoms with van der Waals surface area (Å²) in [5, 5.41) is 8.54. The van der Waals surface area contributed by atoms with Gasteiger partial charge in [-0.15, -0.1) is 5.10 Å². The Morgan fingerprint density at radius 2 is 2.13 bits per heavy atom. The predicted octanol–water partition coefficient (Wildman–Crippen LogP) is 2.84. The van der Waals surface area contributed by atoms with Gasteiger partial charge in [-0.25, -0.2) is 0 Å². The quantitative estimate of drug-likeness (QED) is 0.869. The Hall–Kier alpha value is -2.01. The highest BCUT2D eigenvalue weighted by Gasteiger charge is 2.27. The van der Waals surface area contributed by atoms with Crippen LogP contribution in [0.25, 0.3) is 0 Å². The van der Waals surface area contributed by atoms with E-state index in [4.69, 9.17) is 0 Å². The highest BCUT2D eigenvalue weighted by molar-refractivity contribution is 5.38. The zero-order chi connectivity index (χ0) is 16.2. The SMILES string of the molecule is Cc1ccc(N2CCC[C@@H](N(C)[C@H](C)c3cccnc3)C2)nn1. The normalized spacial score (nSPS) is 19.8. The molecule has 0 radical (unpaired) electrons. The maximum absolute atomic E-state index is 4.35. The van der Waals surface area contributed by atoms with Gasteiger partial charge in [0, 0.05) is 37.6 Å². The Bertz CT molecular complexity index is 613. The molecule has 0 unspecified atom stereocenters. The molecule has 0 bridgehead atoms. The second-order valence-electron chi connectivity index (χ2n) is 6.40. The molecule has 5 nitrogen and oxygen atoms in total. The predicted molar refractivity (Wildman–Crippen MR) is 92.4 cm³/mol. The van der Waals surface area contributed by atoms with Crippen LogP contribution in [0, 0.1) is 6.92 Å². The van der Waals surface area contributed by atoms with Crippen LogP contribution in [0.4, 0.5) is 5.82 Å². The van der Waals surface area contributed by atoms with Gasteiger partial charge < -0.3 is 4.90 Å². The van der Waals surface area contributed by atoms with E-state index in [0.717, 1.165) is 24.6 Å². The van der Waals surface area contributed by atoms with Crippen LogP contribution in [0.2, 0.25) is 0 Å². The van der Waals surface area contributed by atoms with Crippen LogP contribution in [-0.4, -0.2) is 46.3 Å². The lowest BCUT2D eigenvalue weighted by Crippen LogP contribution is -2.47. The Morgan fingerprint density at radius 3 is 2.83 bits per heavy atom. The minimum absolute atomic E-state index is 0.359. The average Bonchev–Trinajstić information content (AvgIpc) is 2.62. The lowest BCUT2D eigenvalue weighted by Gasteiger charge is -2.40. The first-order valence-electron chi connectivity index (χ1n) is 8.32. The van der Waals surface area contributed by atoms with E-state index in [1.165, 1.54) is 18.4 Å². The molecule has 1 fully saturated rings. The first kappa shape index (κ1) is 15.9. The van der Waals surface area contributed by atoms with E-state index in [1.807, 2.05) is 31.5 Å². The van der Waals surface area contributed by atoms with Crippen LogP contribution in [0.5, 0.6) is 0 Å². The monoisotopic (exact) mass is 311 g/mol. The van der Waals surface area contributed by atoms with E-state index in [1.54, 1.807) is 0 Å². The lowest BCUT2D eigenvalue weighted by molar-refractivity contribution is 0.165. The van der Waals surface area contributed by atoms with Crippen molar-refractivity contribution in [2.24, 2.45) is 0 Å². The zero-order valence-corrected chi connectivity index (χ0v) is 14.2. The van der Waals surface area contributed by atoms with E-state index in [9.17, 15) is 0 Å². The van der Waals surface area contributed by atoms with Gasteiger partial charge in [0.1, 0.15) is 0 Å². The van der Waals surface area contributed by atoms with E-state index < -0.39 is 0 Å². The molecule has 23 heavy (non-hydrogen) atoms. The first-order chi connectivity index (χ1) is 11.1. The fraction of sp³-hybridized carbons (Fsp3) is 0.500. The fourth-order valence-corrected chi connectivity index (χ4v) is 3.23. The van der Waals surface area contributed by atoms with Gasteiger partial charge in [0.25, 0.3) is 0 Å². The minimum atomic E-state index is 0.359. The summed E-state index contributed by atoms with van der Waals surface area (Å²) in [7, 11) is 2.21. The molecule has 2 aromatic rings. The van der Waals surface area contributed by atoms with Crippen molar-refractivity contribution in [2.45, 2.75) is 38.8 Å². The summed E-state index contributed by atoms with van der Waals surface area (Å²) in [6.45, 7) is 6.28. The Balaban J connectivity index is 1.69. The molecular weight excluding hydrogens is 286 g/mol. The number of rotatable bonds is 4. The third kappa shape index (κ3) is 3.67. The van der Waals surface area contributed by atoms with Gasteiger partial charge in [0.2, 0.25) is 0 Å². The summed E-state index contributed by atoms with van der Waals surface area (Å²) in [4.78, 5) is 9.07. The van der Waals surface area contributed by atoms with Crippen molar-refractivity contribution in [1.29, 1.82) is 0 Å². The van der Waals surface area contributed by atoms with E-state index >= 15 is 0 Å². The van der Waals surface area contributed by atoms with Crippen molar-refractivity contribution in [2.75, 3.05) is 25.0 Å². The summed E-state index contributed by atoms with van der Waals surface area (Å²) in [5.41, 5.74) is 2.23. The Labute approximate surface area is 138 Å². The molecule has 122 valence electrons. The highest BCUT2D eigenvalue weighted by Crippen LogP contribution is 2.26. The summed E-state index contributed by atoms with van der Waals surface area (Å²) >= 11 is 0. The highest BCUT2D eigenvalue weighted by atomic mass is 15.3. The maximum atomic E-state index is 4.35. The van der Waals surface area contributed by atoms with Crippen molar-refractivity contribution >= 4 is 5.82 Å². The summed E-state index contributed by atoms with van der Waals surface area (Å²) in [5.74, 6) is 0.989. The van der Waals surface area contributed by atoms with Gasteiger partial charge in [-0.05, 0) is 57.5 Å². The van der Waals surface area contributed by atoms with Gasteiger partial charge >= 0.3 is 0 Å². The number of nitrogens with zero attached hydrogens (tertiary/aromatic N) is 5. The van der Waals surface area contributed by atoms with E-state index in [2.05, 4.69) is 51.1 Å². The Morgan fingerprint density at radius 1 is 1.26 bits per heavy atom. The maximum Gasteiger partial charge on any atom is 0.151 e. The number of likely N-dealkylation sites (N-methyl/N-ethyl adjacent to an activating group) is 1. The van der Waals surface area contributed by atoms with Gasteiger partial charge in [0.05, 0.1) is 5.69 Å². The molecule has 5 heteroatoms. The lowest BCUT2D eigenvalue weighted by atomic mass is 10.0. The second-order valence-corrected chi connectivity index (χ2v) is 6.40. The first-order valence-corrected chi connectivity index (χ1v) is 8.32. The Kier molecular flexibility index (Phi) is 4.86. The molecule has 0 saturated carbocycles. The molecule has 1 saturated heterocycles. The zero-order valence-electron chi connectivity index (χ0n) is 14.2. The van der Waals surface area contributed by atoms with Crippen LogP contribution < -0.4 is 4.90 Å². The largest absolute Gasteiger partial charge is 0.354 e. The molecule has 0 amide bonds. The molecule has 2 aromatic heterocycles. The van der Waals surface area contributed by atoms with Gasteiger partial charge in [-0.3, -0.25) is 9.88 Å². The molecular formula is C18H25N5. The number of aryl methyl sites for hydroxylation is 1. The van der Waals surface area contributed by atoms with Crippen LogP contribution in [0.15, 0.2) is 36.7 Å². The molecule has 1 aliphatic heterocycles. The number of anilines is 1. The summed E-state index contributed by atoms with van der Waals surface area (Å²) < 4.78 is 0. The number of aromatic nitrogens is 3. The standard InChI is InChI=1S/C18H25N5/c1-14-8-9-18(21-20-14)23-11-5-7-17(13-23)22(3)15(2)16-6-4-10-19-12-16/h4,6,8-10,12,15,17H,5,7,11,13H2,1-3H3/t15-,17-/m1/s1. The van der Waals surface area contributed by atoms with E-state index in [0.29, 0.717) is 12.1 Å². The topological polar surface area (TPSA) is 45.2 Å². The molecule has 0 aromatic carbocycles. The van der Waals surface area contributed by atoms with E-state index in [-0.39, 0.29) is 0 Å². The third-order valence-corrected chi connectivity index (χ3v) is 4.86. The van der Waals surface area contributed by atoms with Gasteiger partial charge in [0.15, 0.2) is 5.82 Å². The van der Waals surface area contributed by atoms with Gasteiger partial charge in [-0.1, -0.05) is 6.07 Å². The van der Waals surface area contributed by atoms with Crippen molar-refractivity contribution in [1.82, 2.24) is 20.1 Å². The summed E-state index contributed by atoms with van der Waals surface area (Å²) in [6, 6.07) is 9.15. The van der Waals surface area contributed by atoms with Crippen LogP contribution >= 0.6 is 0 Å². The third-order valence-electron chi connectivity index (χ3n) is 4.86. The minimum Gasteiger partial charge on any atom is -0.354 e. The number of piperidine rings is 1. The average molecular weight is 311 g/mol. The van der Waals surface area contributed by atoms with Crippen molar-refractivity contribution in [3.8, 4) is 0 Å². The van der Waals surface area contributed by atoms with Crippen molar-refractivity contribution < 1.29 is 0 Å². The molecule has 0 spiro atoms. The smallest absolute Gasteiger partial charge is 0.151 e. The molecule has 3 heterocycles. The molecule has 1 aliphatic rings. The van der Waals surface area contributed by atoms with Gasteiger partial charge in [-0.2, -0.15) is 5.10 Å². The van der Waals surface area contributed by atoms with Crippen molar-refractivity contribution in [3.63, 3.8) is 0 Å². The van der Waals surface area contributed by atoms with Crippen LogP contribution in [-0.2, 0) is 0 Å². The molecule has 2 atom stereocenters. The summed E-state index contributed by atoms with van der Waals surface area (Å²) in [6.07, 6.45) is 6.20. The van der Waals surface area contributed by atoms with Crippen molar-refractivity contribution in [3.05, 3.63) is 47.9 Å². The molecule has 3 rings (SSSR count). The number of hydrogen-bond donors (Lipinski definition) is 0. The van der Waals surface area contributed by atoms with Crippen LogP contribution in [0.3, 0.4) is 0 Å². The molecule has 0 N–H and O–H groups in total. The number of hydrogen-bond acceptors (Lipinski definition) is 5. The molecule has 0 aliphatic carbocycles. The fourth-order valence-electron chi connectivity index (χ4n) is 3.23.